The van der Waals surface area contributed by atoms with E-state index >= 15 is 0 Å². The van der Waals surface area contributed by atoms with Crippen LogP contribution in [0.2, 0.25) is 0 Å². The van der Waals surface area contributed by atoms with E-state index < -0.39 is 12.6 Å². The lowest BCUT2D eigenvalue weighted by Crippen LogP contribution is -2.44. The first kappa shape index (κ1) is 16.1. The van der Waals surface area contributed by atoms with Gasteiger partial charge < -0.3 is 10.2 Å². The maximum absolute atomic E-state index is 12.7. The molecule has 1 spiro atoms. The first-order chi connectivity index (χ1) is 11.4. The summed E-state index contributed by atoms with van der Waals surface area (Å²) in [5.74, 6) is 0.788. The average Bonchev–Trinajstić information content (AvgIpc) is 3.11. The number of aromatic nitrogens is 2. The maximum Gasteiger partial charge on any atom is 0.393 e. The van der Waals surface area contributed by atoms with Crippen molar-refractivity contribution in [2.75, 3.05) is 31.1 Å². The molecule has 8 heteroatoms. The number of hydrogen-bond acceptors (Lipinski definition) is 5. The van der Waals surface area contributed by atoms with Crippen molar-refractivity contribution in [3.05, 3.63) is 17.3 Å². The predicted octanol–water partition coefficient (Wildman–Crippen LogP) is 3.38. The molecule has 24 heavy (non-hydrogen) atoms. The molecule has 0 bridgehead atoms. The monoisotopic (exact) mass is 356 g/mol. The second-order valence-corrected chi connectivity index (χ2v) is 7.99. The fourth-order valence-corrected chi connectivity index (χ4v) is 4.98. The molecule has 4 nitrogen and oxygen atoms in total. The zero-order chi connectivity index (χ0) is 16.8. The Morgan fingerprint density at radius 1 is 1.29 bits per heavy atom. The zero-order valence-electron chi connectivity index (χ0n) is 13.2. The molecule has 1 N–H and O–H groups in total. The Balaban J connectivity index is 1.66. The fraction of sp³-hybridized carbons (Fsp3) is 0.625. The highest BCUT2D eigenvalue weighted by atomic mass is 32.1. The molecule has 2 aliphatic heterocycles. The van der Waals surface area contributed by atoms with E-state index in [1.165, 1.54) is 12.7 Å². The largest absolute Gasteiger partial charge is 0.393 e. The second kappa shape index (κ2) is 5.84. The molecule has 2 aromatic rings. The number of halogens is 3. The molecule has 0 aliphatic carbocycles. The molecule has 2 fully saturated rings. The van der Waals surface area contributed by atoms with Crippen LogP contribution in [0.25, 0.3) is 10.2 Å². The normalized spacial score (nSPS) is 25.0. The minimum Gasteiger partial charge on any atom is -0.355 e. The number of alkyl halides is 3. The Morgan fingerprint density at radius 2 is 2.17 bits per heavy atom. The maximum atomic E-state index is 12.7. The summed E-state index contributed by atoms with van der Waals surface area (Å²) in [6.07, 6.45) is -0.179. The zero-order valence-corrected chi connectivity index (χ0v) is 14.0. The lowest BCUT2D eigenvalue weighted by molar-refractivity contribution is -0.126. The number of nitrogens with zero attached hydrogens (tertiary/aromatic N) is 3. The first-order valence-corrected chi connectivity index (χ1v) is 9.02. The molecule has 0 saturated carbocycles. The molecule has 4 heterocycles. The van der Waals surface area contributed by atoms with Gasteiger partial charge in [0.25, 0.3) is 0 Å². The molecular formula is C16H19F3N4S. The van der Waals surface area contributed by atoms with Gasteiger partial charge in [0.05, 0.1) is 11.8 Å². The highest BCUT2D eigenvalue weighted by Crippen LogP contribution is 2.39. The Labute approximate surface area is 142 Å². The lowest BCUT2D eigenvalue weighted by atomic mass is 9.79. The van der Waals surface area contributed by atoms with E-state index in [2.05, 4.69) is 20.2 Å². The smallest absolute Gasteiger partial charge is 0.355 e. The van der Waals surface area contributed by atoms with Crippen molar-refractivity contribution in [1.82, 2.24) is 15.3 Å². The van der Waals surface area contributed by atoms with Gasteiger partial charge in [-0.1, -0.05) is 0 Å². The Kier molecular flexibility index (Phi) is 3.91. The molecule has 1 atom stereocenters. The number of nitrogens with one attached hydrogen (secondary N) is 1. The third-order valence-corrected chi connectivity index (χ3v) is 6.07. The van der Waals surface area contributed by atoms with E-state index in [9.17, 15) is 13.2 Å². The van der Waals surface area contributed by atoms with Crippen LogP contribution in [-0.2, 0) is 6.42 Å². The third-order valence-electron chi connectivity index (χ3n) is 5.03. The molecule has 2 saturated heterocycles. The summed E-state index contributed by atoms with van der Waals surface area (Å²) >= 11 is 1.12. The van der Waals surface area contributed by atoms with Crippen LogP contribution in [0.3, 0.4) is 0 Å². The standard InChI is InChI=1S/C16H19F3N4S/c17-16(18,19)7-11-6-12-13(21-10-22-14(12)24-11)23-5-1-2-15(9-23)3-4-20-8-15/h6,10,20H,1-5,7-9H2. The highest BCUT2D eigenvalue weighted by molar-refractivity contribution is 7.18. The average molecular weight is 356 g/mol. The van der Waals surface area contributed by atoms with Crippen molar-refractivity contribution in [2.45, 2.75) is 31.9 Å². The van der Waals surface area contributed by atoms with Crippen LogP contribution in [-0.4, -0.2) is 42.3 Å². The van der Waals surface area contributed by atoms with Gasteiger partial charge in [0, 0.05) is 29.9 Å². The molecule has 130 valence electrons. The SMILES string of the molecule is FC(F)(F)Cc1cc2c(N3CCCC4(CCNC4)C3)ncnc2s1. The molecule has 0 amide bonds. The topological polar surface area (TPSA) is 41.0 Å². The minimum absolute atomic E-state index is 0.278. The van der Waals surface area contributed by atoms with Crippen molar-refractivity contribution in [3.8, 4) is 0 Å². The van der Waals surface area contributed by atoms with Gasteiger partial charge >= 0.3 is 6.18 Å². The van der Waals surface area contributed by atoms with E-state index in [1.54, 1.807) is 6.07 Å². The van der Waals surface area contributed by atoms with Gasteiger partial charge in [0.2, 0.25) is 0 Å². The molecule has 0 radical (unpaired) electrons. The number of rotatable bonds is 2. The Hall–Kier alpha value is -1.41. The van der Waals surface area contributed by atoms with Crippen molar-refractivity contribution in [1.29, 1.82) is 0 Å². The van der Waals surface area contributed by atoms with Gasteiger partial charge in [-0.25, -0.2) is 9.97 Å². The van der Waals surface area contributed by atoms with Crippen molar-refractivity contribution < 1.29 is 13.2 Å². The third kappa shape index (κ3) is 3.09. The summed E-state index contributed by atoms with van der Waals surface area (Å²) in [5.41, 5.74) is 0.278. The van der Waals surface area contributed by atoms with Gasteiger partial charge in [-0.3, -0.25) is 0 Å². The van der Waals surface area contributed by atoms with Crippen molar-refractivity contribution in [3.63, 3.8) is 0 Å². The Bertz CT molecular complexity index is 736. The number of thiophene rings is 1. The minimum atomic E-state index is -4.20. The molecule has 1 unspecified atom stereocenters. The van der Waals surface area contributed by atoms with E-state index in [0.29, 0.717) is 9.71 Å². The Morgan fingerprint density at radius 3 is 2.92 bits per heavy atom. The van der Waals surface area contributed by atoms with Crippen LogP contribution < -0.4 is 10.2 Å². The summed E-state index contributed by atoms with van der Waals surface area (Å²) in [4.78, 5) is 11.8. The fourth-order valence-electron chi connectivity index (χ4n) is 3.96. The first-order valence-electron chi connectivity index (χ1n) is 8.20. The summed E-state index contributed by atoms with van der Waals surface area (Å²) in [5, 5.41) is 4.19. The van der Waals surface area contributed by atoms with Crippen LogP contribution in [0.1, 0.15) is 24.1 Å². The summed E-state index contributed by atoms with van der Waals surface area (Å²) < 4.78 is 38.0. The van der Waals surface area contributed by atoms with Gasteiger partial charge in [-0.05, 0) is 31.9 Å². The van der Waals surface area contributed by atoms with Crippen molar-refractivity contribution in [2.24, 2.45) is 5.41 Å². The van der Waals surface area contributed by atoms with E-state index in [0.717, 1.165) is 61.6 Å². The van der Waals surface area contributed by atoms with Gasteiger partial charge in [-0.15, -0.1) is 11.3 Å². The number of hydrogen-bond donors (Lipinski definition) is 1. The quantitative estimate of drug-likeness (QED) is 0.896. The lowest BCUT2D eigenvalue weighted by Gasteiger charge is -2.40. The molecule has 2 aliphatic rings. The number of anilines is 1. The predicted molar refractivity (Wildman–Crippen MR) is 88.5 cm³/mol. The van der Waals surface area contributed by atoms with Crippen LogP contribution in [0, 0.1) is 5.41 Å². The van der Waals surface area contributed by atoms with Crippen LogP contribution in [0.5, 0.6) is 0 Å². The van der Waals surface area contributed by atoms with Crippen LogP contribution >= 0.6 is 11.3 Å². The van der Waals surface area contributed by atoms with E-state index in [4.69, 9.17) is 0 Å². The molecule has 0 aromatic carbocycles. The second-order valence-electron chi connectivity index (χ2n) is 6.87. The summed E-state index contributed by atoms with van der Waals surface area (Å²) in [6, 6.07) is 1.62. The highest BCUT2D eigenvalue weighted by Gasteiger charge is 2.38. The molecule has 4 rings (SSSR count). The van der Waals surface area contributed by atoms with Crippen LogP contribution in [0.15, 0.2) is 12.4 Å². The van der Waals surface area contributed by atoms with Gasteiger partial charge in [0.1, 0.15) is 17.0 Å². The van der Waals surface area contributed by atoms with E-state index in [1.807, 2.05) is 0 Å². The summed E-state index contributed by atoms with van der Waals surface area (Å²) in [6.45, 7) is 3.87. The molecular weight excluding hydrogens is 337 g/mol. The van der Waals surface area contributed by atoms with Crippen LogP contribution in [0.4, 0.5) is 19.0 Å². The van der Waals surface area contributed by atoms with Gasteiger partial charge in [-0.2, -0.15) is 13.2 Å². The van der Waals surface area contributed by atoms with Crippen molar-refractivity contribution >= 4 is 27.4 Å². The number of fused-ring (bicyclic) bond motifs is 1. The van der Waals surface area contributed by atoms with Gasteiger partial charge in [0.15, 0.2) is 0 Å². The number of piperidine rings is 1. The summed E-state index contributed by atoms with van der Waals surface area (Å²) in [7, 11) is 0. The molecule has 2 aromatic heterocycles. The van der Waals surface area contributed by atoms with E-state index in [-0.39, 0.29) is 5.41 Å².